The molecule has 0 heterocycles. The molecule has 0 aromatic carbocycles. The van der Waals surface area contributed by atoms with E-state index < -0.39 is 26.6 Å². The maximum Gasteiger partial charge on any atom is 0.306 e. The van der Waals surface area contributed by atoms with Gasteiger partial charge in [0.05, 0.1) is 33.8 Å². The average molecular weight is 1040 g/mol. The van der Waals surface area contributed by atoms with Crippen LogP contribution in [-0.2, 0) is 27.9 Å². The highest BCUT2D eigenvalue weighted by Gasteiger charge is 2.27. The van der Waals surface area contributed by atoms with Crippen molar-refractivity contribution in [3.8, 4) is 0 Å². The number of phosphoric acid groups is 1. The summed E-state index contributed by atoms with van der Waals surface area (Å²) in [5.74, 6) is -0.591. The van der Waals surface area contributed by atoms with Crippen LogP contribution in [0.4, 0.5) is 0 Å². The second-order valence-electron chi connectivity index (χ2n) is 21.1. The van der Waals surface area contributed by atoms with E-state index >= 15 is 0 Å². The number of phosphoric ester groups is 1. The van der Waals surface area contributed by atoms with Gasteiger partial charge in [-0.1, -0.05) is 241 Å². The molecule has 3 unspecified atom stereocenters. The van der Waals surface area contributed by atoms with Crippen LogP contribution in [0, 0.1) is 0 Å². The van der Waals surface area contributed by atoms with Crippen LogP contribution < -0.4 is 10.2 Å². The minimum Gasteiger partial charge on any atom is -0.756 e. The molecule has 0 aliphatic heterocycles. The summed E-state index contributed by atoms with van der Waals surface area (Å²) in [4.78, 5) is 39.9. The third kappa shape index (κ3) is 53.8. The molecule has 0 fully saturated rings. The van der Waals surface area contributed by atoms with Gasteiger partial charge >= 0.3 is 5.97 Å². The van der Waals surface area contributed by atoms with Gasteiger partial charge < -0.3 is 28.5 Å². The van der Waals surface area contributed by atoms with Gasteiger partial charge in [0, 0.05) is 12.8 Å². The summed E-state index contributed by atoms with van der Waals surface area (Å²) in [5, 5.41) is 3.01. The summed E-state index contributed by atoms with van der Waals surface area (Å²) < 4.78 is 30.2. The molecule has 9 nitrogen and oxygen atoms in total. The zero-order valence-corrected chi connectivity index (χ0v) is 49.0. The predicted molar refractivity (Wildman–Crippen MR) is 311 cm³/mol. The Hall–Kier alpha value is -2.81. The number of hydrogen-bond donors (Lipinski definition) is 1. The maximum atomic E-state index is 13.5. The normalized spacial score (nSPS) is 14.3. The number of unbranched alkanes of at least 4 members (excludes halogenated alkanes) is 25. The topological polar surface area (TPSA) is 114 Å². The molecule has 0 radical (unpaired) electrons. The van der Waals surface area contributed by atoms with Crippen LogP contribution in [0.5, 0.6) is 0 Å². The first-order valence-corrected chi connectivity index (χ1v) is 31.4. The molecule has 1 N–H and O–H groups in total. The number of nitrogens with one attached hydrogen (secondary N) is 1. The summed E-state index contributed by atoms with van der Waals surface area (Å²) >= 11 is 0. The molecule has 0 bridgehead atoms. The monoisotopic (exact) mass is 1040 g/mol. The van der Waals surface area contributed by atoms with E-state index in [1.54, 1.807) is 0 Å². The van der Waals surface area contributed by atoms with Crippen LogP contribution in [-0.4, -0.2) is 69.4 Å². The number of quaternary nitrogens is 1. The van der Waals surface area contributed by atoms with Crippen LogP contribution in [0.2, 0.25) is 0 Å². The Balaban J connectivity index is 5.39. The minimum absolute atomic E-state index is 0.0316. The van der Waals surface area contributed by atoms with Gasteiger partial charge in [-0.25, -0.2) is 0 Å². The first-order chi connectivity index (χ1) is 35.4. The highest BCUT2D eigenvalue weighted by Crippen LogP contribution is 2.38. The Morgan fingerprint density at radius 3 is 1.33 bits per heavy atom. The Labute approximate surface area is 450 Å². The molecule has 0 aliphatic carbocycles. The van der Waals surface area contributed by atoms with Crippen molar-refractivity contribution in [3.63, 3.8) is 0 Å². The minimum atomic E-state index is -4.71. The first kappa shape index (κ1) is 70.2. The molecule has 0 aromatic heterocycles. The van der Waals surface area contributed by atoms with Crippen LogP contribution in [0.25, 0.3) is 0 Å². The summed E-state index contributed by atoms with van der Waals surface area (Å²) in [6.07, 6.45) is 68.3. The van der Waals surface area contributed by atoms with Gasteiger partial charge in [-0.2, -0.15) is 0 Å². The SMILES string of the molecule is CC/C=C\C/C=C\C/C=C\C/C=C\C/C=C\C/C=C\CCCCC(=O)OC(/C=C/CCCCCCCCCCCCC)C(COP(=O)([O-])OCC[N+](C)(C)C)NC(=O)CCCCCCCCCCCCCCC. The van der Waals surface area contributed by atoms with Gasteiger partial charge in [0.25, 0.3) is 7.82 Å². The van der Waals surface area contributed by atoms with Crippen LogP contribution in [0.3, 0.4) is 0 Å². The lowest BCUT2D eigenvalue weighted by molar-refractivity contribution is -0.870. The number of amides is 1. The fourth-order valence-corrected chi connectivity index (χ4v) is 8.95. The quantitative estimate of drug-likeness (QED) is 0.0212. The number of carbonyl (C=O) groups is 2. The molecule has 0 aliphatic rings. The molecular formula is C63H113N2O7P. The van der Waals surface area contributed by atoms with Gasteiger partial charge in [-0.15, -0.1) is 0 Å². The van der Waals surface area contributed by atoms with E-state index in [1.807, 2.05) is 33.3 Å². The van der Waals surface area contributed by atoms with Crippen LogP contribution in [0.1, 0.15) is 252 Å². The van der Waals surface area contributed by atoms with Crippen molar-refractivity contribution >= 4 is 19.7 Å². The number of nitrogens with zero attached hydrogens (tertiary/aromatic N) is 1. The highest BCUT2D eigenvalue weighted by molar-refractivity contribution is 7.45. The van der Waals surface area contributed by atoms with E-state index in [0.717, 1.165) is 89.9 Å². The van der Waals surface area contributed by atoms with Crippen LogP contribution >= 0.6 is 7.82 Å². The number of allylic oxidation sites excluding steroid dienone is 13. The Morgan fingerprint density at radius 2 is 0.877 bits per heavy atom. The van der Waals surface area contributed by atoms with E-state index in [-0.39, 0.29) is 24.9 Å². The third-order valence-corrected chi connectivity index (χ3v) is 13.8. The molecule has 3 atom stereocenters. The van der Waals surface area contributed by atoms with Crippen molar-refractivity contribution in [2.24, 2.45) is 0 Å². The summed E-state index contributed by atoms with van der Waals surface area (Å²) in [6, 6.07) is -0.907. The molecule has 10 heteroatoms. The Morgan fingerprint density at radius 1 is 0.493 bits per heavy atom. The molecular weight excluding hydrogens is 928 g/mol. The highest BCUT2D eigenvalue weighted by atomic mass is 31.2. The molecule has 0 saturated carbocycles. The van der Waals surface area contributed by atoms with Crippen molar-refractivity contribution in [1.82, 2.24) is 5.32 Å². The summed E-state index contributed by atoms with van der Waals surface area (Å²) in [5.41, 5.74) is 0. The van der Waals surface area contributed by atoms with E-state index in [2.05, 4.69) is 99.0 Å². The van der Waals surface area contributed by atoms with E-state index in [9.17, 15) is 19.0 Å². The predicted octanol–water partition coefficient (Wildman–Crippen LogP) is 17.6. The zero-order valence-electron chi connectivity index (χ0n) is 48.1. The second-order valence-corrected chi connectivity index (χ2v) is 22.5. The fraction of sp³-hybridized carbons (Fsp3) is 0.746. The molecule has 0 spiro atoms. The summed E-state index contributed by atoms with van der Waals surface area (Å²) in [6.45, 7) is 6.70. The number of hydrogen-bond acceptors (Lipinski definition) is 7. The van der Waals surface area contributed by atoms with Crippen molar-refractivity contribution in [2.45, 2.75) is 264 Å². The van der Waals surface area contributed by atoms with Crippen molar-refractivity contribution in [3.05, 3.63) is 85.1 Å². The van der Waals surface area contributed by atoms with Crippen molar-refractivity contribution in [1.29, 1.82) is 0 Å². The van der Waals surface area contributed by atoms with Gasteiger partial charge in [0.15, 0.2) is 0 Å². The molecule has 1 amide bonds. The molecule has 73 heavy (non-hydrogen) atoms. The van der Waals surface area contributed by atoms with Gasteiger partial charge in [0.2, 0.25) is 5.91 Å². The van der Waals surface area contributed by atoms with Gasteiger partial charge in [-0.3, -0.25) is 14.2 Å². The smallest absolute Gasteiger partial charge is 0.306 e. The van der Waals surface area contributed by atoms with Crippen molar-refractivity contribution < 1.29 is 37.3 Å². The first-order valence-electron chi connectivity index (χ1n) is 29.9. The van der Waals surface area contributed by atoms with Crippen molar-refractivity contribution in [2.75, 3.05) is 40.9 Å². The second kappa shape index (κ2) is 52.6. The standard InChI is InChI=1S/C63H113N2O7P/c1-7-10-13-16-19-22-25-28-29-30-31-32-33-34-35-38-41-44-47-50-53-56-63(67)72-61(54-51-48-45-42-39-36-26-23-20-17-14-11-8-2)60(59-71-73(68,69)70-58-57-65(4,5)6)64-62(66)55-52-49-46-43-40-37-27-24-21-18-15-12-9-3/h10,13,19,22,28-29,31-32,34-35,41,44,51,54,60-61H,7-9,11-12,14-18,20-21,23-27,30,33,36-40,42-43,45-50,52-53,55-59H2,1-6H3,(H-,64,66,68,69)/b13-10-,22-19-,29-28-,32-31-,35-34-,44-41-,54-51+. The van der Waals surface area contributed by atoms with Gasteiger partial charge in [0.1, 0.15) is 19.3 Å². The largest absolute Gasteiger partial charge is 0.756 e. The maximum absolute atomic E-state index is 13.5. The summed E-state index contributed by atoms with van der Waals surface area (Å²) in [7, 11) is 1.16. The number of carbonyl (C=O) groups excluding carboxylic acids is 2. The molecule has 0 rings (SSSR count). The molecule has 0 saturated heterocycles. The Bertz CT molecular complexity index is 1530. The lowest BCUT2D eigenvalue weighted by Gasteiger charge is -2.30. The van der Waals surface area contributed by atoms with E-state index in [4.69, 9.17) is 13.8 Å². The lowest BCUT2D eigenvalue weighted by atomic mass is 10.0. The molecule has 422 valence electrons. The third-order valence-electron chi connectivity index (χ3n) is 12.8. The number of ether oxygens (including phenoxy) is 1. The van der Waals surface area contributed by atoms with E-state index in [1.165, 1.54) is 122 Å². The van der Waals surface area contributed by atoms with Crippen LogP contribution in [0.15, 0.2) is 85.1 Å². The lowest BCUT2D eigenvalue weighted by Crippen LogP contribution is -2.47. The average Bonchev–Trinajstić information content (AvgIpc) is 3.35. The molecule has 0 aromatic rings. The number of esters is 1. The number of likely N-dealkylation sites (N-methyl/N-ethyl adjacent to an activating group) is 1. The van der Waals surface area contributed by atoms with E-state index in [0.29, 0.717) is 23.9 Å². The fourth-order valence-electron chi connectivity index (χ4n) is 8.23. The van der Waals surface area contributed by atoms with Gasteiger partial charge in [-0.05, 0) is 83.1 Å². The Kier molecular flexibility index (Phi) is 50.6. The zero-order chi connectivity index (χ0) is 53.6. The number of rotatable bonds is 53.